The summed E-state index contributed by atoms with van der Waals surface area (Å²) in [4.78, 5) is 3.53. The minimum Gasteiger partial charge on any atom is -0.371 e. The molecular weight excluding hydrogens is 426 g/mol. The molecule has 5 nitrogen and oxygen atoms in total. The predicted octanol–water partition coefficient (Wildman–Crippen LogP) is 8.30. The van der Waals surface area contributed by atoms with Crippen LogP contribution in [0, 0.1) is 29.6 Å². The average molecular weight is 462 g/mol. The van der Waals surface area contributed by atoms with Crippen molar-refractivity contribution in [2.24, 2.45) is 10.2 Å². The maximum atomic E-state index is 9.93. The first-order valence-corrected chi connectivity index (χ1v) is 13.2. The molecule has 0 spiro atoms. The number of azo groups is 1. The zero-order valence-electron chi connectivity index (χ0n) is 20.1. The highest BCUT2D eigenvalue weighted by Gasteiger charge is 2.18. The van der Waals surface area contributed by atoms with E-state index in [0.717, 1.165) is 59.9 Å². The maximum Gasteiger partial charge on any atom is 0.157 e. The first-order valence-electron chi connectivity index (χ1n) is 12.4. The summed E-state index contributed by atoms with van der Waals surface area (Å²) in [5, 5.41) is 28.7. The van der Waals surface area contributed by atoms with Crippen LogP contribution >= 0.6 is 11.3 Å². The van der Waals surface area contributed by atoms with Crippen LogP contribution in [0.1, 0.15) is 86.3 Å². The lowest BCUT2D eigenvalue weighted by molar-refractivity contribution is 0.561. The van der Waals surface area contributed by atoms with E-state index >= 15 is 0 Å². The van der Waals surface area contributed by atoms with E-state index in [4.69, 9.17) is 5.26 Å². The van der Waals surface area contributed by atoms with Crippen molar-refractivity contribution in [3.63, 3.8) is 0 Å². The molecule has 0 aliphatic heterocycles. The number of rotatable bonds is 6. The van der Waals surface area contributed by atoms with Gasteiger partial charge in [0.05, 0.1) is 23.7 Å². The zero-order valence-corrected chi connectivity index (χ0v) is 20.9. The molecule has 1 aliphatic carbocycles. The van der Waals surface area contributed by atoms with E-state index in [1.807, 2.05) is 19.1 Å². The zero-order chi connectivity index (χ0) is 23.5. The Morgan fingerprint density at radius 3 is 2.30 bits per heavy atom. The molecule has 0 N–H and O–H groups in total. The summed E-state index contributed by atoms with van der Waals surface area (Å²) in [5.41, 5.74) is 4.92. The summed E-state index contributed by atoms with van der Waals surface area (Å²) >= 11 is 1.66. The Labute approximate surface area is 202 Å². The molecule has 0 atom stereocenters. The summed E-state index contributed by atoms with van der Waals surface area (Å²) in [5.74, 6) is 0. The summed E-state index contributed by atoms with van der Waals surface area (Å²) < 4.78 is 0. The Balaban J connectivity index is 1.82. The summed E-state index contributed by atoms with van der Waals surface area (Å²) in [6.45, 7) is 5.71. The summed E-state index contributed by atoms with van der Waals surface area (Å²) in [6.07, 6.45) is 12.7. The van der Waals surface area contributed by atoms with Crippen molar-refractivity contribution in [2.45, 2.75) is 84.5 Å². The van der Waals surface area contributed by atoms with Crippen molar-refractivity contribution in [3.8, 4) is 12.1 Å². The maximum absolute atomic E-state index is 9.93. The number of thiophene rings is 1. The van der Waals surface area contributed by atoms with E-state index in [1.54, 1.807) is 11.3 Å². The van der Waals surface area contributed by atoms with Gasteiger partial charge in [0.15, 0.2) is 5.00 Å². The highest BCUT2D eigenvalue weighted by Crippen LogP contribution is 2.39. The van der Waals surface area contributed by atoms with Gasteiger partial charge in [0.2, 0.25) is 0 Å². The third-order valence-corrected chi connectivity index (χ3v) is 7.61. The highest BCUT2D eigenvalue weighted by molar-refractivity contribution is 7.16. The van der Waals surface area contributed by atoms with Crippen molar-refractivity contribution < 1.29 is 0 Å². The van der Waals surface area contributed by atoms with Crippen molar-refractivity contribution in [2.75, 3.05) is 18.0 Å². The first kappa shape index (κ1) is 24.9. The fourth-order valence-corrected chi connectivity index (χ4v) is 5.66. The quantitative estimate of drug-likeness (QED) is 0.406. The van der Waals surface area contributed by atoms with Crippen LogP contribution < -0.4 is 4.90 Å². The van der Waals surface area contributed by atoms with E-state index < -0.39 is 0 Å². The molecule has 3 rings (SSSR count). The van der Waals surface area contributed by atoms with Gasteiger partial charge >= 0.3 is 0 Å². The molecule has 0 unspecified atom stereocenters. The fourth-order valence-electron chi connectivity index (χ4n) is 4.50. The topological polar surface area (TPSA) is 75.5 Å². The number of fused-ring (bicyclic) bond motifs is 1. The van der Waals surface area contributed by atoms with Crippen molar-refractivity contribution in [1.29, 1.82) is 10.5 Å². The van der Waals surface area contributed by atoms with Gasteiger partial charge in [-0.15, -0.1) is 21.6 Å². The van der Waals surface area contributed by atoms with Crippen LogP contribution in [0.15, 0.2) is 28.4 Å². The monoisotopic (exact) mass is 461 g/mol. The Bertz CT molecular complexity index is 1020. The molecule has 6 heteroatoms. The number of hydrogen-bond acceptors (Lipinski definition) is 6. The number of benzene rings is 1. The molecule has 1 heterocycles. The standard InChI is InChI=1S/C27H35N5S/c1-3-32(18-12-17-28)22-15-16-25(21(2)19-22)30-31-27-24(20-29)23-13-10-8-6-4-5-7-9-11-14-26(23)33-27/h15-16,19H,3-14,18H2,1-2H3. The van der Waals surface area contributed by atoms with Crippen molar-refractivity contribution >= 4 is 27.7 Å². The highest BCUT2D eigenvalue weighted by atomic mass is 32.1. The van der Waals surface area contributed by atoms with E-state index in [-0.39, 0.29) is 0 Å². The Hall–Kier alpha value is -2.70. The lowest BCUT2D eigenvalue weighted by atomic mass is 9.98. The molecule has 1 aromatic carbocycles. The molecule has 0 saturated carbocycles. The second-order valence-corrected chi connectivity index (χ2v) is 9.87. The average Bonchev–Trinajstić information content (AvgIpc) is 3.15. The number of aryl methyl sites for hydroxylation is 2. The molecule has 0 fully saturated rings. The van der Waals surface area contributed by atoms with Gasteiger partial charge in [0, 0.05) is 23.7 Å². The lowest BCUT2D eigenvalue weighted by Gasteiger charge is -2.22. The molecule has 174 valence electrons. The number of hydrogen-bond donors (Lipinski definition) is 0. The van der Waals surface area contributed by atoms with Gasteiger partial charge in [-0.2, -0.15) is 10.5 Å². The van der Waals surface area contributed by atoms with Crippen LogP contribution in [0.2, 0.25) is 0 Å². The SMILES string of the molecule is CCN(CCC#N)c1ccc(N=Nc2sc3c(c2C#N)CCCCCCCCCC3)c(C)c1. The van der Waals surface area contributed by atoms with E-state index in [9.17, 15) is 5.26 Å². The summed E-state index contributed by atoms with van der Waals surface area (Å²) in [7, 11) is 0. The van der Waals surface area contributed by atoms with Crippen LogP contribution in [0.3, 0.4) is 0 Å². The van der Waals surface area contributed by atoms with Gasteiger partial charge in [0.25, 0.3) is 0 Å². The van der Waals surface area contributed by atoms with E-state index in [0.29, 0.717) is 6.42 Å². The third kappa shape index (κ3) is 6.89. The molecule has 2 aromatic rings. The lowest BCUT2D eigenvalue weighted by Crippen LogP contribution is -2.23. The first-order chi connectivity index (χ1) is 16.2. The second-order valence-electron chi connectivity index (χ2n) is 8.78. The predicted molar refractivity (Wildman–Crippen MR) is 137 cm³/mol. The Morgan fingerprint density at radius 1 is 0.970 bits per heavy atom. The van der Waals surface area contributed by atoms with Crippen LogP contribution in [0.25, 0.3) is 0 Å². The normalized spacial score (nSPS) is 15.2. The van der Waals surface area contributed by atoms with Crippen molar-refractivity contribution in [1.82, 2.24) is 0 Å². The van der Waals surface area contributed by atoms with Crippen LogP contribution in [0.4, 0.5) is 16.4 Å². The van der Waals surface area contributed by atoms with Crippen LogP contribution in [0.5, 0.6) is 0 Å². The second kappa shape index (κ2) is 13.1. The molecular formula is C27H35N5S. The fraction of sp³-hybridized carbons (Fsp3) is 0.556. The van der Waals surface area contributed by atoms with E-state index in [1.165, 1.54) is 55.4 Å². The Kier molecular flexibility index (Phi) is 9.91. The van der Waals surface area contributed by atoms with Crippen LogP contribution in [-0.4, -0.2) is 13.1 Å². The molecule has 0 radical (unpaired) electrons. The molecule has 1 aromatic heterocycles. The van der Waals surface area contributed by atoms with Gasteiger partial charge in [0.1, 0.15) is 6.07 Å². The molecule has 0 amide bonds. The van der Waals surface area contributed by atoms with Gasteiger partial charge < -0.3 is 4.90 Å². The molecule has 0 saturated heterocycles. The van der Waals surface area contributed by atoms with Gasteiger partial charge in [-0.25, -0.2) is 0 Å². The molecule has 1 aliphatic rings. The molecule has 33 heavy (non-hydrogen) atoms. The number of nitrogens with zero attached hydrogens (tertiary/aromatic N) is 5. The van der Waals surface area contributed by atoms with Gasteiger partial charge in [-0.3, -0.25) is 0 Å². The summed E-state index contributed by atoms with van der Waals surface area (Å²) in [6, 6.07) is 10.8. The Morgan fingerprint density at radius 2 is 1.67 bits per heavy atom. The van der Waals surface area contributed by atoms with Gasteiger partial charge in [-0.05, 0) is 68.9 Å². The van der Waals surface area contributed by atoms with Crippen molar-refractivity contribution in [3.05, 3.63) is 39.8 Å². The largest absolute Gasteiger partial charge is 0.371 e. The van der Waals surface area contributed by atoms with Crippen LogP contribution in [-0.2, 0) is 12.8 Å². The third-order valence-electron chi connectivity index (χ3n) is 6.43. The van der Waals surface area contributed by atoms with E-state index in [2.05, 4.69) is 40.3 Å². The number of nitriles is 2. The smallest absolute Gasteiger partial charge is 0.157 e. The minimum atomic E-state index is 0.508. The minimum absolute atomic E-state index is 0.508. The number of anilines is 1. The molecule has 0 bridgehead atoms. The van der Waals surface area contributed by atoms with Gasteiger partial charge in [-0.1, -0.05) is 38.5 Å².